The number of carbonyl (C=O) groups is 1. The largest absolute Gasteiger partial charge is 0.300 e. The van der Waals surface area contributed by atoms with E-state index in [-0.39, 0.29) is 11.7 Å². The Kier molecular flexibility index (Phi) is 4.84. The van der Waals surface area contributed by atoms with Crippen LogP contribution in [-0.2, 0) is 9.84 Å². The van der Waals surface area contributed by atoms with Gasteiger partial charge in [-0.15, -0.1) is 0 Å². The summed E-state index contributed by atoms with van der Waals surface area (Å²) < 4.78 is 24.6. The van der Waals surface area contributed by atoms with Crippen LogP contribution in [0.1, 0.15) is 21.5 Å². The Morgan fingerprint density at radius 3 is 2.20 bits per heavy atom. The molecule has 4 nitrogen and oxygen atoms in total. The number of hydrogen-bond donors (Lipinski definition) is 0. The fourth-order valence-electron chi connectivity index (χ4n) is 3.02. The zero-order chi connectivity index (χ0) is 18.2. The van der Waals surface area contributed by atoms with Crippen molar-refractivity contribution in [2.24, 2.45) is 0 Å². The fourth-order valence-corrected chi connectivity index (χ4v) is 4.55. The van der Waals surface area contributed by atoms with Crippen LogP contribution in [0.2, 0.25) is 0 Å². The summed E-state index contributed by atoms with van der Waals surface area (Å²) in [4.78, 5) is 14.8. The second kappa shape index (κ2) is 6.77. The minimum absolute atomic E-state index is 0.0976. The van der Waals surface area contributed by atoms with Crippen molar-refractivity contribution in [1.29, 1.82) is 0 Å². The molecule has 0 unspecified atom stereocenters. The van der Waals surface area contributed by atoms with Gasteiger partial charge in [0.1, 0.15) is 0 Å². The van der Waals surface area contributed by atoms with Gasteiger partial charge < -0.3 is 4.90 Å². The van der Waals surface area contributed by atoms with Crippen molar-refractivity contribution in [3.05, 3.63) is 75.1 Å². The standard InChI is InChI=1S/C19H18BrNO3S/c1-13-9-14(2)11-15(10-13)19(22)21(17-5-3-16(20)4-6-17)18-7-8-25(23,24)12-18/h3-11,18H,12H2,1-2H3/t18-/m1/s1. The summed E-state index contributed by atoms with van der Waals surface area (Å²) in [6.45, 7) is 3.88. The number of aryl methyl sites for hydroxylation is 2. The van der Waals surface area contributed by atoms with Gasteiger partial charge in [-0.3, -0.25) is 4.79 Å². The predicted molar refractivity (Wildman–Crippen MR) is 104 cm³/mol. The first-order valence-electron chi connectivity index (χ1n) is 7.83. The number of benzene rings is 2. The second-order valence-corrected chi connectivity index (χ2v) is 9.10. The van der Waals surface area contributed by atoms with E-state index in [0.29, 0.717) is 11.3 Å². The van der Waals surface area contributed by atoms with Gasteiger partial charge in [-0.2, -0.15) is 0 Å². The van der Waals surface area contributed by atoms with Gasteiger partial charge in [0, 0.05) is 21.1 Å². The summed E-state index contributed by atoms with van der Waals surface area (Å²) in [5.74, 6) is -0.305. The fraction of sp³-hybridized carbons (Fsp3) is 0.211. The molecule has 25 heavy (non-hydrogen) atoms. The van der Waals surface area contributed by atoms with Crippen LogP contribution in [0.3, 0.4) is 0 Å². The molecule has 0 radical (unpaired) electrons. The van der Waals surface area contributed by atoms with Crippen LogP contribution in [0.25, 0.3) is 0 Å². The predicted octanol–water partition coefficient (Wildman–Crippen LogP) is 4.02. The molecule has 0 aliphatic carbocycles. The molecule has 0 aromatic heterocycles. The Morgan fingerprint density at radius 2 is 1.68 bits per heavy atom. The lowest BCUT2D eigenvalue weighted by molar-refractivity contribution is 0.0983. The van der Waals surface area contributed by atoms with E-state index in [2.05, 4.69) is 15.9 Å². The van der Waals surface area contributed by atoms with E-state index in [9.17, 15) is 13.2 Å². The van der Waals surface area contributed by atoms with Crippen LogP contribution in [-0.4, -0.2) is 26.1 Å². The van der Waals surface area contributed by atoms with Crippen molar-refractivity contribution < 1.29 is 13.2 Å². The number of nitrogens with zero attached hydrogens (tertiary/aromatic N) is 1. The number of carbonyl (C=O) groups excluding carboxylic acids is 1. The van der Waals surface area contributed by atoms with Crippen LogP contribution in [0.4, 0.5) is 5.69 Å². The van der Waals surface area contributed by atoms with Crippen molar-refractivity contribution >= 4 is 37.4 Å². The molecule has 2 aromatic rings. The molecule has 0 spiro atoms. The van der Waals surface area contributed by atoms with E-state index in [1.165, 1.54) is 5.41 Å². The van der Waals surface area contributed by atoms with Crippen molar-refractivity contribution in [3.8, 4) is 0 Å². The van der Waals surface area contributed by atoms with Gasteiger partial charge >= 0.3 is 0 Å². The molecule has 1 atom stereocenters. The van der Waals surface area contributed by atoms with Gasteiger partial charge in [-0.25, -0.2) is 8.42 Å². The molecule has 0 saturated carbocycles. The van der Waals surface area contributed by atoms with Crippen LogP contribution in [0.5, 0.6) is 0 Å². The molecule has 1 aliphatic heterocycles. The highest BCUT2D eigenvalue weighted by Crippen LogP contribution is 2.27. The number of rotatable bonds is 3. The van der Waals surface area contributed by atoms with Crippen LogP contribution >= 0.6 is 15.9 Å². The van der Waals surface area contributed by atoms with Gasteiger partial charge in [0.15, 0.2) is 9.84 Å². The highest BCUT2D eigenvalue weighted by atomic mass is 79.9. The molecule has 3 rings (SSSR count). The van der Waals surface area contributed by atoms with Crippen LogP contribution in [0, 0.1) is 13.8 Å². The van der Waals surface area contributed by atoms with Gasteiger partial charge in [0.05, 0.1) is 11.8 Å². The summed E-state index contributed by atoms with van der Waals surface area (Å²) in [5.41, 5.74) is 3.21. The summed E-state index contributed by atoms with van der Waals surface area (Å²) >= 11 is 3.38. The van der Waals surface area contributed by atoms with Gasteiger partial charge in [-0.05, 0) is 56.3 Å². The highest BCUT2D eigenvalue weighted by Gasteiger charge is 2.32. The Morgan fingerprint density at radius 1 is 1.08 bits per heavy atom. The van der Waals surface area contributed by atoms with Crippen molar-refractivity contribution in [1.82, 2.24) is 0 Å². The van der Waals surface area contributed by atoms with E-state index in [0.717, 1.165) is 15.6 Å². The quantitative estimate of drug-likeness (QED) is 0.754. The maximum absolute atomic E-state index is 13.2. The van der Waals surface area contributed by atoms with Gasteiger partial charge in [0.25, 0.3) is 5.91 Å². The molecule has 0 fully saturated rings. The number of sulfone groups is 1. The third-order valence-electron chi connectivity index (χ3n) is 4.04. The van der Waals surface area contributed by atoms with Crippen molar-refractivity contribution in [2.45, 2.75) is 19.9 Å². The number of halogens is 1. The summed E-state index contributed by atoms with van der Waals surface area (Å²) in [6.07, 6.45) is 1.58. The Labute approximate surface area is 156 Å². The van der Waals surface area contributed by atoms with Crippen LogP contribution < -0.4 is 4.90 Å². The van der Waals surface area contributed by atoms with Crippen LogP contribution in [0.15, 0.2) is 58.4 Å². The molecule has 0 saturated heterocycles. The SMILES string of the molecule is Cc1cc(C)cc(C(=O)N(c2ccc(Br)cc2)[C@@H]2C=CS(=O)(=O)C2)c1. The monoisotopic (exact) mass is 419 g/mol. The first-order chi connectivity index (χ1) is 11.7. The summed E-state index contributed by atoms with van der Waals surface area (Å²) in [7, 11) is -3.27. The maximum atomic E-state index is 13.2. The van der Waals surface area contributed by atoms with Gasteiger partial charge in [0.2, 0.25) is 0 Å². The topological polar surface area (TPSA) is 54.5 Å². The molecule has 1 amide bonds. The van der Waals surface area contributed by atoms with E-state index in [4.69, 9.17) is 0 Å². The summed E-state index contributed by atoms with van der Waals surface area (Å²) in [5, 5.41) is 1.19. The minimum Gasteiger partial charge on any atom is -0.300 e. The summed E-state index contributed by atoms with van der Waals surface area (Å²) in [6, 6.07) is 12.4. The zero-order valence-corrected chi connectivity index (χ0v) is 16.3. The molecular weight excluding hydrogens is 402 g/mol. The lowest BCUT2D eigenvalue weighted by Crippen LogP contribution is -2.41. The lowest BCUT2D eigenvalue weighted by Gasteiger charge is -2.28. The van der Waals surface area contributed by atoms with Crippen molar-refractivity contribution in [2.75, 3.05) is 10.7 Å². The van der Waals surface area contributed by atoms with Crippen molar-refractivity contribution in [3.63, 3.8) is 0 Å². The molecular formula is C19H18BrNO3S. The van der Waals surface area contributed by atoms with E-state index < -0.39 is 15.9 Å². The van der Waals surface area contributed by atoms with E-state index >= 15 is 0 Å². The second-order valence-electron chi connectivity index (χ2n) is 6.25. The smallest absolute Gasteiger partial charge is 0.258 e. The lowest BCUT2D eigenvalue weighted by atomic mass is 10.1. The number of amides is 1. The molecule has 1 aliphatic rings. The Hall–Kier alpha value is -1.92. The number of hydrogen-bond acceptors (Lipinski definition) is 3. The van der Waals surface area contributed by atoms with E-state index in [1.807, 2.05) is 56.3 Å². The first-order valence-corrected chi connectivity index (χ1v) is 10.3. The Bertz CT molecular complexity index is 929. The molecule has 2 aromatic carbocycles. The third-order valence-corrected chi connectivity index (χ3v) is 5.94. The maximum Gasteiger partial charge on any atom is 0.258 e. The van der Waals surface area contributed by atoms with Gasteiger partial charge in [-0.1, -0.05) is 33.1 Å². The normalized spacial score (nSPS) is 18.3. The zero-order valence-electron chi connectivity index (χ0n) is 13.9. The Balaban J connectivity index is 2.06. The average molecular weight is 420 g/mol. The molecule has 0 bridgehead atoms. The first kappa shape index (κ1) is 17.9. The highest BCUT2D eigenvalue weighted by molar-refractivity contribution is 9.10. The van der Waals surface area contributed by atoms with E-state index in [1.54, 1.807) is 11.0 Å². The molecule has 0 N–H and O–H groups in total. The minimum atomic E-state index is -3.27. The average Bonchev–Trinajstić information content (AvgIpc) is 2.88. The molecule has 130 valence electrons. The molecule has 6 heteroatoms. The number of anilines is 1. The molecule has 1 heterocycles. The third kappa shape index (κ3) is 4.02.